The molecule has 1 aliphatic rings. The highest BCUT2D eigenvalue weighted by molar-refractivity contribution is 9.10. The van der Waals surface area contributed by atoms with Crippen LogP contribution in [0.1, 0.15) is 0 Å². The van der Waals surface area contributed by atoms with Crippen LogP contribution in [0.25, 0.3) is 0 Å². The van der Waals surface area contributed by atoms with Crippen molar-refractivity contribution in [1.29, 1.82) is 0 Å². The number of nitrogens with one attached hydrogen (secondary N) is 1. The topological polar surface area (TPSA) is 28.2 Å². The quantitative estimate of drug-likeness (QED) is 0.794. The highest BCUT2D eigenvalue weighted by atomic mass is 79.9. The number of halogens is 2. The molecule has 2 rings (SSSR count). The Morgan fingerprint density at radius 3 is 2.86 bits per heavy atom. The van der Waals surface area contributed by atoms with Gasteiger partial charge in [0, 0.05) is 36.8 Å². The van der Waals surface area contributed by atoms with Gasteiger partial charge in [0.15, 0.2) is 5.15 Å². The normalized spacial score (nSPS) is 17.1. The van der Waals surface area contributed by atoms with Crippen LogP contribution in [0.5, 0.6) is 0 Å². The van der Waals surface area contributed by atoms with E-state index in [2.05, 4.69) is 31.1 Å². The van der Waals surface area contributed by atoms with Gasteiger partial charge in [0.2, 0.25) is 0 Å². The maximum absolute atomic E-state index is 6.04. The third kappa shape index (κ3) is 2.19. The number of nitrogens with zero attached hydrogens (tertiary/aromatic N) is 2. The summed E-state index contributed by atoms with van der Waals surface area (Å²) in [6, 6.07) is 2.01. The summed E-state index contributed by atoms with van der Waals surface area (Å²) in [5.41, 5.74) is 1.02. The van der Waals surface area contributed by atoms with E-state index in [-0.39, 0.29) is 0 Å². The SMILES string of the molecule is Clc1ncc(Br)cc1N1CCNCC1. The third-order valence-electron chi connectivity index (χ3n) is 2.24. The smallest absolute Gasteiger partial charge is 0.152 e. The van der Waals surface area contributed by atoms with Gasteiger partial charge in [-0.25, -0.2) is 4.98 Å². The second-order valence-corrected chi connectivity index (χ2v) is 4.47. The van der Waals surface area contributed by atoms with Gasteiger partial charge in [-0.15, -0.1) is 0 Å². The Morgan fingerprint density at radius 2 is 2.14 bits per heavy atom. The van der Waals surface area contributed by atoms with E-state index in [0.717, 1.165) is 36.3 Å². The Labute approximate surface area is 96.6 Å². The Balaban J connectivity index is 2.24. The monoisotopic (exact) mass is 275 g/mol. The van der Waals surface area contributed by atoms with E-state index in [9.17, 15) is 0 Å². The molecule has 0 unspecified atom stereocenters. The van der Waals surface area contributed by atoms with Gasteiger partial charge in [0.1, 0.15) is 0 Å². The van der Waals surface area contributed by atoms with Gasteiger partial charge in [-0.1, -0.05) is 11.6 Å². The molecule has 2 heterocycles. The lowest BCUT2D eigenvalue weighted by molar-refractivity contribution is 0.588. The number of hydrogen-bond acceptors (Lipinski definition) is 3. The van der Waals surface area contributed by atoms with Gasteiger partial charge >= 0.3 is 0 Å². The van der Waals surface area contributed by atoms with Crippen molar-refractivity contribution >= 4 is 33.2 Å². The summed E-state index contributed by atoms with van der Waals surface area (Å²) in [5.74, 6) is 0. The first-order valence-electron chi connectivity index (χ1n) is 4.54. The lowest BCUT2D eigenvalue weighted by Crippen LogP contribution is -2.43. The Bertz CT molecular complexity index is 326. The number of rotatable bonds is 1. The number of aromatic nitrogens is 1. The van der Waals surface area contributed by atoms with Crippen LogP contribution in [-0.2, 0) is 0 Å². The number of anilines is 1. The molecule has 0 bridgehead atoms. The first-order valence-corrected chi connectivity index (χ1v) is 5.71. The first-order chi connectivity index (χ1) is 6.77. The molecule has 0 aliphatic carbocycles. The molecule has 0 saturated carbocycles. The van der Waals surface area contributed by atoms with Crippen LogP contribution >= 0.6 is 27.5 Å². The van der Waals surface area contributed by atoms with E-state index >= 15 is 0 Å². The zero-order chi connectivity index (χ0) is 9.97. The summed E-state index contributed by atoms with van der Waals surface area (Å²) in [6.07, 6.45) is 1.72. The van der Waals surface area contributed by atoms with Crippen molar-refractivity contribution in [2.75, 3.05) is 31.1 Å². The lowest BCUT2D eigenvalue weighted by atomic mass is 10.3. The zero-order valence-corrected chi connectivity index (χ0v) is 9.98. The summed E-state index contributed by atoms with van der Waals surface area (Å²) in [7, 11) is 0. The molecule has 1 aromatic heterocycles. The second-order valence-electron chi connectivity index (χ2n) is 3.20. The summed E-state index contributed by atoms with van der Waals surface area (Å²) in [4.78, 5) is 6.36. The van der Waals surface area contributed by atoms with Gasteiger partial charge in [-0.3, -0.25) is 0 Å². The van der Waals surface area contributed by atoms with E-state index in [1.54, 1.807) is 6.20 Å². The maximum Gasteiger partial charge on any atom is 0.152 e. The highest BCUT2D eigenvalue weighted by Gasteiger charge is 2.14. The maximum atomic E-state index is 6.04. The van der Waals surface area contributed by atoms with E-state index in [0.29, 0.717) is 5.15 Å². The fraction of sp³-hybridized carbons (Fsp3) is 0.444. The number of pyridine rings is 1. The predicted molar refractivity (Wildman–Crippen MR) is 62.0 cm³/mol. The minimum atomic E-state index is 0.579. The van der Waals surface area contributed by atoms with Crippen molar-refractivity contribution < 1.29 is 0 Å². The molecule has 1 fully saturated rings. The molecule has 1 aromatic rings. The van der Waals surface area contributed by atoms with Crippen molar-refractivity contribution in [2.24, 2.45) is 0 Å². The van der Waals surface area contributed by atoms with Crippen molar-refractivity contribution in [3.8, 4) is 0 Å². The van der Waals surface area contributed by atoms with Crippen molar-refractivity contribution in [3.63, 3.8) is 0 Å². The van der Waals surface area contributed by atoms with Crippen LogP contribution in [0.2, 0.25) is 5.15 Å². The molecule has 0 atom stereocenters. The fourth-order valence-corrected chi connectivity index (χ4v) is 2.08. The van der Waals surface area contributed by atoms with Gasteiger partial charge < -0.3 is 10.2 Å². The standard InChI is InChI=1S/C9H11BrClN3/c10-7-5-8(9(11)13-6-7)14-3-1-12-2-4-14/h5-6,12H,1-4H2. The molecule has 1 aliphatic heterocycles. The molecule has 1 N–H and O–H groups in total. The summed E-state index contributed by atoms with van der Waals surface area (Å²) < 4.78 is 0.968. The van der Waals surface area contributed by atoms with Crippen LogP contribution in [0.15, 0.2) is 16.7 Å². The van der Waals surface area contributed by atoms with E-state index in [4.69, 9.17) is 11.6 Å². The lowest BCUT2D eigenvalue weighted by Gasteiger charge is -2.29. The predicted octanol–water partition coefficient (Wildman–Crippen LogP) is 1.91. The zero-order valence-electron chi connectivity index (χ0n) is 7.63. The van der Waals surface area contributed by atoms with E-state index in [1.807, 2.05) is 6.07 Å². The van der Waals surface area contributed by atoms with Crippen LogP contribution in [0, 0.1) is 0 Å². The highest BCUT2D eigenvalue weighted by Crippen LogP contribution is 2.26. The molecular formula is C9H11BrClN3. The summed E-state index contributed by atoms with van der Waals surface area (Å²) in [6.45, 7) is 3.97. The van der Waals surface area contributed by atoms with Crippen LogP contribution in [0.4, 0.5) is 5.69 Å². The Morgan fingerprint density at radius 1 is 1.43 bits per heavy atom. The van der Waals surface area contributed by atoms with E-state index < -0.39 is 0 Å². The molecule has 0 amide bonds. The molecule has 0 spiro atoms. The molecule has 1 saturated heterocycles. The minimum Gasteiger partial charge on any atom is -0.366 e. The van der Waals surface area contributed by atoms with Crippen LogP contribution < -0.4 is 10.2 Å². The van der Waals surface area contributed by atoms with Crippen molar-refractivity contribution in [2.45, 2.75) is 0 Å². The summed E-state index contributed by atoms with van der Waals surface area (Å²) >= 11 is 9.44. The minimum absolute atomic E-state index is 0.579. The molecule has 0 radical (unpaired) electrons. The van der Waals surface area contributed by atoms with Crippen LogP contribution in [-0.4, -0.2) is 31.2 Å². The molecule has 0 aromatic carbocycles. The second kappa shape index (κ2) is 4.47. The van der Waals surface area contributed by atoms with Crippen molar-refractivity contribution in [3.05, 3.63) is 21.9 Å². The van der Waals surface area contributed by atoms with Gasteiger partial charge in [-0.05, 0) is 22.0 Å². The molecule has 3 nitrogen and oxygen atoms in total. The largest absolute Gasteiger partial charge is 0.366 e. The summed E-state index contributed by atoms with van der Waals surface area (Å²) in [5, 5.41) is 3.88. The van der Waals surface area contributed by atoms with E-state index in [1.165, 1.54) is 0 Å². The average molecular weight is 277 g/mol. The fourth-order valence-electron chi connectivity index (χ4n) is 1.54. The molecular weight excluding hydrogens is 265 g/mol. The van der Waals surface area contributed by atoms with Crippen molar-refractivity contribution in [1.82, 2.24) is 10.3 Å². The number of hydrogen-bond donors (Lipinski definition) is 1. The molecule has 76 valence electrons. The Hall–Kier alpha value is -0.320. The van der Waals surface area contributed by atoms with Gasteiger partial charge in [-0.2, -0.15) is 0 Å². The average Bonchev–Trinajstić information content (AvgIpc) is 2.23. The van der Waals surface area contributed by atoms with Gasteiger partial charge in [0.05, 0.1) is 5.69 Å². The molecule has 14 heavy (non-hydrogen) atoms. The van der Waals surface area contributed by atoms with Gasteiger partial charge in [0.25, 0.3) is 0 Å². The number of piperazine rings is 1. The van der Waals surface area contributed by atoms with Crippen LogP contribution in [0.3, 0.4) is 0 Å². The Kier molecular flexibility index (Phi) is 3.26. The first kappa shape index (κ1) is 10.2. The molecule has 5 heteroatoms. The third-order valence-corrected chi connectivity index (χ3v) is 2.97.